The first kappa shape index (κ1) is 13.1. The first-order valence-corrected chi connectivity index (χ1v) is 6.65. The Bertz CT molecular complexity index is 720. The maximum atomic E-state index is 11.9. The van der Waals surface area contributed by atoms with Crippen LogP contribution in [0.1, 0.15) is 16.2 Å². The molecule has 2 aromatic heterocycles. The molecule has 2 N–H and O–H groups in total. The smallest absolute Gasteiger partial charge is 0.371 e. The van der Waals surface area contributed by atoms with Crippen LogP contribution in [0.25, 0.3) is 0 Å². The fraction of sp³-hybridized carbons (Fsp3) is 0.0909. The summed E-state index contributed by atoms with van der Waals surface area (Å²) in [5.74, 6) is -1.77. The number of aromatic carboxylic acids is 1. The summed E-state index contributed by atoms with van der Waals surface area (Å²) in [4.78, 5) is 14.6. The standard InChI is InChI=1S/C11H10N2O5S/c1-7-6-8(4-5-12-7)13-19(16,17)10-3-2-9(18-10)11(14)15/h2-6H,1H3,(H,12,13)(H,14,15). The summed E-state index contributed by atoms with van der Waals surface area (Å²) < 4.78 is 30.9. The molecule has 0 radical (unpaired) electrons. The summed E-state index contributed by atoms with van der Waals surface area (Å²) >= 11 is 0. The van der Waals surface area contributed by atoms with Gasteiger partial charge in [-0.2, -0.15) is 8.42 Å². The molecule has 0 saturated carbocycles. The van der Waals surface area contributed by atoms with Crippen molar-refractivity contribution in [2.45, 2.75) is 12.0 Å². The van der Waals surface area contributed by atoms with E-state index in [4.69, 9.17) is 9.52 Å². The van der Waals surface area contributed by atoms with Crippen LogP contribution < -0.4 is 4.72 Å². The van der Waals surface area contributed by atoms with Gasteiger partial charge in [-0.15, -0.1) is 0 Å². The Kier molecular flexibility index (Phi) is 3.26. The lowest BCUT2D eigenvalue weighted by Crippen LogP contribution is -2.12. The van der Waals surface area contributed by atoms with Crippen LogP contribution in [-0.4, -0.2) is 24.5 Å². The summed E-state index contributed by atoms with van der Waals surface area (Å²) in [6.07, 6.45) is 1.46. The number of furan rings is 1. The zero-order chi connectivity index (χ0) is 14.0. The summed E-state index contributed by atoms with van der Waals surface area (Å²) in [6, 6.07) is 5.18. The van der Waals surface area contributed by atoms with Gasteiger partial charge < -0.3 is 9.52 Å². The number of carboxylic acids is 1. The molecular formula is C11H10N2O5S. The molecule has 0 fully saturated rings. The number of hydrogen-bond donors (Lipinski definition) is 2. The summed E-state index contributed by atoms with van der Waals surface area (Å²) in [5.41, 5.74) is 0.964. The van der Waals surface area contributed by atoms with Crippen LogP contribution >= 0.6 is 0 Å². The van der Waals surface area contributed by atoms with Crippen molar-refractivity contribution in [3.05, 3.63) is 41.9 Å². The molecule has 0 aliphatic rings. The second kappa shape index (κ2) is 4.73. The number of sulfonamides is 1. The van der Waals surface area contributed by atoms with Gasteiger partial charge in [-0.25, -0.2) is 4.79 Å². The molecule has 0 spiro atoms. The third-order valence-electron chi connectivity index (χ3n) is 2.21. The van der Waals surface area contributed by atoms with Gasteiger partial charge in [0.05, 0.1) is 5.69 Å². The molecule has 0 aromatic carbocycles. The molecule has 0 atom stereocenters. The van der Waals surface area contributed by atoms with Crippen molar-refractivity contribution in [3.8, 4) is 0 Å². The van der Waals surface area contributed by atoms with Gasteiger partial charge in [0.2, 0.25) is 10.9 Å². The average Bonchev–Trinajstić information content (AvgIpc) is 2.78. The monoisotopic (exact) mass is 282 g/mol. The molecule has 7 nitrogen and oxygen atoms in total. The Morgan fingerprint density at radius 1 is 1.37 bits per heavy atom. The number of nitrogens with zero attached hydrogens (tertiary/aromatic N) is 1. The lowest BCUT2D eigenvalue weighted by molar-refractivity contribution is 0.0656. The minimum atomic E-state index is -3.95. The highest BCUT2D eigenvalue weighted by molar-refractivity contribution is 7.92. The van der Waals surface area contributed by atoms with Crippen molar-refractivity contribution in [2.75, 3.05) is 4.72 Å². The predicted octanol–water partition coefficient (Wildman–Crippen LogP) is 1.48. The van der Waals surface area contributed by atoms with E-state index in [0.717, 1.165) is 12.1 Å². The van der Waals surface area contributed by atoms with Crippen LogP contribution in [0, 0.1) is 6.92 Å². The molecule has 100 valence electrons. The molecule has 2 rings (SSSR count). The van der Waals surface area contributed by atoms with E-state index in [1.807, 2.05) is 0 Å². The minimum absolute atomic E-state index is 0.320. The Hall–Kier alpha value is -2.35. The topological polar surface area (TPSA) is 110 Å². The van der Waals surface area contributed by atoms with Gasteiger partial charge in [-0.1, -0.05) is 0 Å². The molecule has 0 saturated heterocycles. The highest BCUT2D eigenvalue weighted by atomic mass is 32.2. The Labute approximate surface area is 108 Å². The van der Waals surface area contributed by atoms with E-state index in [9.17, 15) is 13.2 Å². The second-order valence-electron chi connectivity index (χ2n) is 3.72. The highest BCUT2D eigenvalue weighted by Crippen LogP contribution is 2.18. The molecule has 0 aliphatic heterocycles. The molecule has 0 amide bonds. The van der Waals surface area contributed by atoms with Crippen molar-refractivity contribution in [2.24, 2.45) is 0 Å². The van der Waals surface area contributed by atoms with Crippen LogP contribution in [0.4, 0.5) is 5.69 Å². The van der Waals surface area contributed by atoms with Crippen LogP contribution in [0.15, 0.2) is 40.0 Å². The van der Waals surface area contributed by atoms with E-state index in [1.54, 1.807) is 13.0 Å². The first-order chi connectivity index (χ1) is 8.88. The van der Waals surface area contributed by atoms with Crippen molar-refractivity contribution < 1.29 is 22.7 Å². The quantitative estimate of drug-likeness (QED) is 0.879. The molecule has 0 unspecified atom stereocenters. The number of hydrogen-bond acceptors (Lipinski definition) is 5. The number of carboxylic acid groups (broad SMARTS) is 1. The van der Waals surface area contributed by atoms with E-state index in [0.29, 0.717) is 11.4 Å². The number of nitrogens with one attached hydrogen (secondary N) is 1. The summed E-state index contributed by atoms with van der Waals surface area (Å²) in [6.45, 7) is 1.72. The number of carbonyl (C=O) groups is 1. The highest BCUT2D eigenvalue weighted by Gasteiger charge is 2.21. The van der Waals surface area contributed by atoms with E-state index >= 15 is 0 Å². The van der Waals surface area contributed by atoms with Gasteiger partial charge in [-0.3, -0.25) is 9.71 Å². The lowest BCUT2D eigenvalue weighted by atomic mass is 10.3. The normalized spacial score (nSPS) is 11.2. The summed E-state index contributed by atoms with van der Waals surface area (Å²) in [7, 11) is -3.95. The summed E-state index contributed by atoms with van der Waals surface area (Å²) in [5, 5.41) is 8.21. The van der Waals surface area contributed by atoms with Crippen LogP contribution in [0.3, 0.4) is 0 Å². The molecule has 19 heavy (non-hydrogen) atoms. The Morgan fingerprint density at radius 3 is 2.68 bits per heavy atom. The number of anilines is 1. The molecule has 2 aromatic rings. The van der Waals surface area contributed by atoms with Crippen LogP contribution in [0.2, 0.25) is 0 Å². The van der Waals surface area contributed by atoms with E-state index < -0.39 is 26.8 Å². The van der Waals surface area contributed by atoms with Crippen molar-refractivity contribution in [1.82, 2.24) is 4.98 Å². The van der Waals surface area contributed by atoms with Gasteiger partial charge in [-0.05, 0) is 31.2 Å². The molecule has 0 bridgehead atoms. The third-order valence-corrected chi connectivity index (χ3v) is 3.46. The van der Waals surface area contributed by atoms with Crippen LogP contribution in [0.5, 0.6) is 0 Å². The SMILES string of the molecule is Cc1cc(NS(=O)(=O)c2ccc(C(=O)O)o2)ccn1. The average molecular weight is 282 g/mol. The zero-order valence-electron chi connectivity index (χ0n) is 9.82. The van der Waals surface area contributed by atoms with Gasteiger partial charge in [0.1, 0.15) is 0 Å². The van der Waals surface area contributed by atoms with E-state index in [2.05, 4.69) is 9.71 Å². The largest absolute Gasteiger partial charge is 0.475 e. The predicted molar refractivity (Wildman–Crippen MR) is 65.4 cm³/mol. The lowest BCUT2D eigenvalue weighted by Gasteiger charge is -2.05. The van der Waals surface area contributed by atoms with Gasteiger partial charge in [0, 0.05) is 11.9 Å². The zero-order valence-corrected chi connectivity index (χ0v) is 10.6. The molecule has 2 heterocycles. The maximum Gasteiger partial charge on any atom is 0.371 e. The Morgan fingerprint density at radius 2 is 2.11 bits per heavy atom. The van der Waals surface area contributed by atoms with E-state index in [-0.39, 0.29) is 0 Å². The fourth-order valence-electron chi connectivity index (χ4n) is 1.39. The minimum Gasteiger partial charge on any atom is -0.475 e. The van der Waals surface area contributed by atoms with Crippen LogP contribution in [-0.2, 0) is 10.0 Å². The third kappa shape index (κ3) is 2.91. The van der Waals surface area contributed by atoms with Gasteiger partial charge in [0.25, 0.3) is 10.0 Å². The number of aromatic nitrogens is 1. The van der Waals surface area contributed by atoms with Crippen molar-refractivity contribution >= 4 is 21.7 Å². The first-order valence-electron chi connectivity index (χ1n) is 5.17. The van der Waals surface area contributed by atoms with E-state index in [1.165, 1.54) is 12.3 Å². The maximum absolute atomic E-state index is 11.9. The molecule has 0 aliphatic carbocycles. The Balaban J connectivity index is 2.29. The second-order valence-corrected chi connectivity index (χ2v) is 5.33. The van der Waals surface area contributed by atoms with Crippen molar-refractivity contribution in [1.29, 1.82) is 0 Å². The number of pyridine rings is 1. The number of aryl methyl sites for hydroxylation is 1. The number of rotatable bonds is 4. The van der Waals surface area contributed by atoms with Gasteiger partial charge >= 0.3 is 5.97 Å². The van der Waals surface area contributed by atoms with Gasteiger partial charge in [0.15, 0.2) is 0 Å². The fourth-order valence-corrected chi connectivity index (χ4v) is 2.38. The molecule has 8 heteroatoms. The molecular weight excluding hydrogens is 272 g/mol. The van der Waals surface area contributed by atoms with Crippen molar-refractivity contribution in [3.63, 3.8) is 0 Å².